The number of hydrogen-bond donors (Lipinski definition) is 2. The van der Waals surface area contributed by atoms with Crippen LogP contribution in [0.1, 0.15) is 15.9 Å². The first kappa shape index (κ1) is 15.3. The highest BCUT2D eigenvalue weighted by Crippen LogP contribution is 2.18. The SMILES string of the molecule is O=C(Nc1ccc(C(=O)O)c(I)c1)OCc1ccccc1. The van der Waals surface area contributed by atoms with E-state index in [0.717, 1.165) is 5.56 Å². The van der Waals surface area contributed by atoms with Gasteiger partial charge in [0.2, 0.25) is 0 Å². The second-order valence-electron chi connectivity index (χ2n) is 4.19. The summed E-state index contributed by atoms with van der Waals surface area (Å²) in [6.07, 6.45) is -0.585. The average molecular weight is 397 g/mol. The van der Waals surface area contributed by atoms with Gasteiger partial charge in [0.05, 0.1) is 5.56 Å². The third-order valence-corrected chi connectivity index (χ3v) is 3.55. The van der Waals surface area contributed by atoms with Gasteiger partial charge < -0.3 is 9.84 Å². The van der Waals surface area contributed by atoms with Crippen LogP contribution in [-0.4, -0.2) is 17.2 Å². The minimum Gasteiger partial charge on any atom is -0.478 e. The molecular formula is C15H12INO4. The first-order chi connectivity index (χ1) is 10.1. The van der Waals surface area contributed by atoms with Crippen LogP contribution >= 0.6 is 22.6 Å². The van der Waals surface area contributed by atoms with Crippen molar-refractivity contribution in [2.75, 3.05) is 5.32 Å². The zero-order chi connectivity index (χ0) is 15.2. The van der Waals surface area contributed by atoms with Gasteiger partial charge in [-0.25, -0.2) is 9.59 Å². The maximum Gasteiger partial charge on any atom is 0.411 e. The number of benzene rings is 2. The lowest BCUT2D eigenvalue weighted by molar-refractivity contribution is 0.0695. The third-order valence-electron chi connectivity index (χ3n) is 2.66. The minimum absolute atomic E-state index is 0.178. The number of ether oxygens (including phenoxy) is 1. The third kappa shape index (κ3) is 4.45. The van der Waals surface area contributed by atoms with Crippen LogP contribution in [0.5, 0.6) is 0 Å². The van der Waals surface area contributed by atoms with Crippen molar-refractivity contribution < 1.29 is 19.4 Å². The van der Waals surface area contributed by atoms with E-state index in [1.54, 1.807) is 6.07 Å². The molecule has 2 aromatic carbocycles. The number of amides is 1. The molecule has 2 rings (SSSR count). The zero-order valence-corrected chi connectivity index (χ0v) is 13.0. The Bertz CT molecular complexity index is 658. The molecule has 0 saturated carbocycles. The molecule has 0 aliphatic heterocycles. The molecular weight excluding hydrogens is 385 g/mol. The fourth-order valence-corrected chi connectivity index (χ4v) is 2.39. The smallest absolute Gasteiger partial charge is 0.411 e. The van der Waals surface area contributed by atoms with Gasteiger partial charge in [-0.05, 0) is 46.4 Å². The fraction of sp³-hybridized carbons (Fsp3) is 0.0667. The van der Waals surface area contributed by atoms with Gasteiger partial charge in [0.1, 0.15) is 6.61 Å². The van der Waals surface area contributed by atoms with E-state index in [1.807, 2.05) is 52.9 Å². The largest absolute Gasteiger partial charge is 0.478 e. The molecule has 0 aromatic heterocycles. The van der Waals surface area contributed by atoms with E-state index in [0.29, 0.717) is 9.26 Å². The van der Waals surface area contributed by atoms with Crippen molar-refractivity contribution in [3.05, 3.63) is 63.2 Å². The summed E-state index contributed by atoms with van der Waals surface area (Å²) in [5.41, 5.74) is 1.57. The molecule has 0 radical (unpaired) electrons. The van der Waals surface area contributed by atoms with E-state index < -0.39 is 12.1 Å². The van der Waals surface area contributed by atoms with Crippen molar-refractivity contribution in [3.8, 4) is 0 Å². The number of anilines is 1. The summed E-state index contributed by atoms with van der Waals surface area (Å²) in [4.78, 5) is 22.6. The van der Waals surface area contributed by atoms with Crippen LogP contribution in [0.3, 0.4) is 0 Å². The van der Waals surface area contributed by atoms with Crippen LogP contribution in [0, 0.1) is 3.57 Å². The molecule has 5 nitrogen and oxygen atoms in total. The van der Waals surface area contributed by atoms with Gasteiger partial charge >= 0.3 is 12.1 Å². The second-order valence-corrected chi connectivity index (χ2v) is 5.35. The molecule has 0 spiro atoms. The monoisotopic (exact) mass is 397 g/mol. The molecule has 0 aliphatic carbocycles. The van der Waals surface area contributed by atoms with E-state index in [2.05, 4.69) is 5.32 Å². The highest BCUT2D eigenvalue weighted by molar-refractivity contribution is 14.1. The standard InChI is InChI=1S/C15H12INO4/c16-13-8-11(6-7-12(13)14(18)19)17-15(20)21-9-10-4-2-1-3-5-10/h1-8H,9H2,(H,17,20)(H,18,19). The van der Waals surface area contributed by atoms with Crippen molar-refractivity contribution in [2.45, 2.75) is 6.61 Å². The normalized spacial score (nSPS) is 9.95. The van der Waals surface area contributed by atoms with Crippen LogP contribution < -0.4 is 5.32 Å². The number of halogens is 1. The molecule has 0 saturated heterocycles. The quantitative estimate of drug-likeness (QED) is 0.771. The maximum absolute atomic E-state index is 11.7. The lowest BCUT2D eigenvalue weighted by Crippen LogP contribution is -2.14. The Kier molecular flexibility index (Phi) is 5.15. The molecule has 21 heavy (non-hydrogen) atoms. The molecule has 0 atom stereocenters. The number of aromatic carboxylic acids is 1. The number of hydrogen-bond acceptors (Lipinski definition) is 3. The summed E-state index contributed by atoms with van der Waals surface area (Å²) >= 11 is 1.91. The predicted molar refractivity (Wildman–Crippen MR) is 86.4 cm³/mol. The average Bonchev–Trinajstić information content (AvgIpc) is 2.46. The maximum atomic E-state index is 11.7. The Morgan fingerprint density at radius 2 is 1.86 bits per heavy atom. The number of carboxylic acids is 1. The molecule has 2 N–H and O–H groups in total. The zero-order valence-electron chi connectivity index (χ0n) is 10.9. The fourth-order valence-electron chi connectivity index (χ4n) is 1.64. The Hall–Kier alpha value is -2.09. The summed E-state index contributed by atoms with van der Waals surface area (Å²) in [7, 11) is 0. The van der Waals surface area contributed by atoms with Gasteiger partial charge in [-0.2, -0.15) is 0 Å². The van der Waals surface area contributed by atoms with E-state index in [-0.39, 0.29) is 12.2 Å². The van der Waals surface area contributed by atoms with Crippen LogP contribution in [0.25, 0.3) is 0 Å². The summed E-state index contributed by atoms with van der Waals surface area (Å²) < 4.78 is 5.62. The topological polar surface area (TPSA) is 75.6 Å². The molecule has 0 fully saturated rings. The van der Waals surface area contributed by atoms with Crippen LogP contribution in [0.2, 0.25) is 0 Å². The number of carbonyl (C=O) groups is 2. The van der Waals surface area contributed by atoms with Gasteiger partial charge in [0, 0.05) is 9.26 Å². The molecule has 0 heterocycles. The molecule has 1 amide bonds. The summed E-state index contributed by atoms with van der Waals surface area (Å²) in [5.74, 6) is -1.00. The van der Waals surface area contributed by atoms with E-state index in [9.17, 15) is 9.59 Å². The highest BCUT2D eigenvalue weighted by Gasteiger charge is 2.10. The minimum atomic E-state index is -1.00. The lowest BCUT2D eigenvalue weighted by atomic mass is 10.2. The van der Waals surface area contributed by atoms with Gasteiger partial charge in [-0.3, -0.25) is 5.32 Å². The van der Waals surface area contributed by atoms with Crippen molar-refractivity contribution in [1.82, 2.24) is 0 Å². The van der Waals surface area contributed by atoms with Gasteiger partial charge in [0.15, 0.2) is 0 Å². The molecule has 0 unspecified atom stereocenters. The first-order valence-corrected chi connectivity index (χ1v) is 7.14. The first-order valence-electron chi connectivity index (χ1n) is 6.07. The highest BCUT2D eigenvalue weighted by atomic mass is 127. The number of carboxylic acid groups (broad SMARTS) is 1. The van der Waals surface area contributed by atoms with Gasteiger partial charge in [-0.15, -0.1) is 0 Å². The Labute approximate surface area is 135 Å². The summed E-state index contributed by atoms with van der Waals surface area (Å²) in [6.45, 7) is 0.178. The molecule has 108 valence electrons. The number of nitrogens with one attached hydrogen (secondary N) is 1. The van der Waals surface area contributed by atoms with Crippen LogP contribution in [0.15, 0.2) is 48.5 Å². The lowest BCUT2D eigenvalue weighted by Gasteiger charge is -2.08. The number of rotatable bonds is 4. The van der Waals surface area contributed by atoms with Crippen molar-refractivity contribution in [2.24, 2.45) is 0 Å². The number of carbonyl (C=O) groups excluding carboxylic acids is 1. The van der Waals surface area contributed by atoms with Crippen LogP contribution in [-0.2, 0) is 11.3 Å². The van der Waals surface area contributed by atoms with Gasteiger partial charge in [0.25, 0.3) is 0 Å². The van der Waals surface area contributed by atoms with Gasteiger partial charge in [-0.1, -0.05) is 30.3 Å². The molecule has 0 bridgehead atoms. The molecule has 2 aromatic rings. The Morgan fingerprint density at radius 1 is 1.14 bits per heavy atom. The summed E-state index contributed by atoms with van der Waals surface area (Å²) in [5, 5.41) is 11.5. The van der Waals surface area contributed by atoms with E-state index >= 15 is 0 Å². The Balaban J connectivity index is 1.94. The molecule has 6 heteroatoms. The Morgan fingerprint density at radius 3 is 2.48 bits per heavy atom. The van der Waals surface area contributed by atoms with Crippen molar-refractivity contribution >= 4 is 40.3 Å². The van der Waals surface area contributed by atoms with Crippen molar-refractivity contribution in [3.63, 3.8) is 0 Å². The predicted octanol–water partition coefficient (Wildman–Crippen LogP) is 3.74. The molecule has 0 aliphatic rings. The summed E-state index contributed by atoms with van der Waals surface area (Å²) in [6, 6.07) is 13.9. The van der Waals surface area contributed by atoms with Crippen LogP contribution in [0.4, 0.5) is 10.5 Å². The second kappa shape index (κ2) is 7.07. The van der Waals surface area contributed by atoms with E-state index in [4.69, 9.17) is 9.84 Å². The van der Waals surface area contributed by atoms with Crippen molar-refractivity contribution in [1.29, 1.82) is 0 Å². The van der Waals surface area contributed by atoms with E-state index in [1.165, 1.54) is 12.1 Å².